The van der Waals surface area contributed by atoms with Crippen LogP contribution in [0.1, 0.15) is 20.7 Å². The molecule has 35 heavy (non-hydrogen) atoms. The summed E-state index contributed by atoms with van der Waals surface area (Å²) in [6.07, 6.45) is 0. The van der Waals surface area contributed by atoms with Gasteiger partial charge in [-0.1, -0.05) is 6.07 Å². The Hall–Kier alpha value is -5.92. The van der Waals surface area contributed by atoms with Gasteiger partial charge in [0.05, 0.1) is 18.9 Å². The zero-order valence-electron chi connectivity index (χ0n) is 18.0. The van der Waals surface area contributed by atoms with Crippen molar-refractivity contribution in [3.8, 4) is 30.0 Å². The first-order valence-electron chi connectivity index (χ1n) is 9.66. The van der Waals surface area contributed by atoms with E-state index >= 15 is 0 Å². The molecule has 0 heterocycles. The lowest BCUT2D eigenvalue weighted by atomic mass is 10.0. The summed E-state index contributed by atoms with van der Waals surface area (Å²) in [4.78, 5) is 24.9. The number of amides is 2. The van der Waals surface area contributed by atoms with Crippen LogP contribution in [-0.4, -0.2) is 30.3 Å². The highest BCUT2D eigenvalue weighted by Gasteiger charge is 2.14. The maximum atomic E-state index is 12.5. The third-order valence-corrected chi connectivity index (χ3v) is 4.49. The fraction of sp³-hybridized carbons (Fsp3) is 0.0909. The number of hydrogen-bond acceptors (Lipinski definition) is 11. The van der Waals surface area contributed by atoms with E-state index in [0.717, 1.165) is 0 Å². The Kier molecular flexibility index (Phi) is 8.42. The van der Waals surface area contributed by atoms with Gasteiger partial charge in [0, 0.05) is 5.56 Å². The number of allylic oxidation sites excluding steroid dienone is 4. The fourth-order valence-corrected chi connectivity index (χ4v) is 2.73. The molecule has 0 atom stereocenters. The monoisotopic (exact) mass is 470 g/mol. The van der Waals surface area contributed by atoms with Crippen LogP contribution in [0, 0.1) is 45.3 Å². The summed E-state index contributed by atoms with van der Waals surface area (Å²) in [7, 11) is 0. The smallest absolute Gasteiger partial charge is 0.256 e. The van der Waals surface area contributed by atoms with Gasteiger partial charge in [0.15, 0.2) is 0 Å². The van der Waals surface area contributed by atoms with E-state index in [0.29, 0.717) is 10.8 Å². The number of fused-ring (bicyclic) bond motifs is 1. The molecule has 0 aliphatic heterocycles. The van der Waals surface area contributed by atoms with Gasteiger partial charge in [-0.2, -0.15) is 21.0 Å². The molecule has 0 fully saturated rings. The molecule has 0 bridgehead atoms. The zero-order chi connectivity index (χ0) is 26.0. The highest BCUT2D eigenvalue weighted by Crippen LogP contribution is 2.26. The molecule has 13 heteroatoms. The molecule has 2 aromatic rings. The molecule has 9 N–H and O–H groups in total. The van der Waals surface area contributed by atoms with Crippen LogP contribution < -0.4 is 32.7 Å². The molecule has 2 aromatic carbocycles. The minimum Gasteiger partial charge on any atom is -0.507 e. The van der Waals surface area contributed by atoms with Gasteiger partial charge in [0.1, 0.15) is 52.8 Å². The fourth-order valence-electron chi connectivity index (χ4n) is 2.73. The van der Waals surface area contributed by atoms with Gasteiger partial charge in [-0.3, -0.25) is 9.59 Å². The van der Waals surface area contributed by atoms with Crippen LogP contribution in [0.4, 0.5) is 0 Å². The second-order valence-corrected chi connectivity index (χ2v) is 6.67. The Labute approximate surface area is 199 Å². The molecule has 2 amide bonds. The molecule has 13 nitrogen and oxygen atoms in total. The number of nitrogens with one attached hydrogen (secondary N) is 4. The third kappa shape index (κ3) is 6.30. The van der Waals surface area contributed by atoms with Gasteiger partial charge in [-0.15, -0.1) is 0 Å². The zero-order valence-corrected chi connectivity index (χ0v) is 18.0. The minimum absolute atomic E-state index is 0.0926. The van der Waals surface area contributed by atoms with E-state index in [-0.39, 0.29) is 53.0 Å². The van der Waals surface area contributed by atoms with Crippen molar-refractivity contribution in [2.75, 3.05) is 13.3 Å². The number of phenols is 1. The molecule has 0 saturated carbocycles. The summed E-state index contributed by atoms with van der Waals surface area (Å²) in [5.41, 5.74) is 9.81. The van der Waals surface area contributed by atoms with E-state index in [4.69, 9.17) is 32.5 Å². The van der Waals surface area contributed by atoms with E-state index in [1.807, 2.05) is 0 Å². The van der Waals surface area contributed by atoms with E-state index < -0.39 is 11.8 Å². The molecule has 0 unspecified atom stereocenters. The van der Waals surface area contributed by atoms with Crippen LogP contribution in [0.15, 0.2) is 53.1 Å². The Morgan fingerprint density at radius 2 is 1.29 bits per heavy atom. The standard InChI is InChI=1S/C22H18N10O3/c23-6-16(27)18(8-25)29-10-31-21(34)13-2-1-12-5-20(33)15(4-14(12)3-13)22(35)32-11-30-19(9-26)17(28)7-24/h1-5,29-30,33H,10-11,27-28H2,(H,31,34)(H,32,35)/b18-16-,19-17-. The van der Waals surface area contributed by atoms with Crippen molar-refractivity contribution in [3.63, 3.8) is 0 Å². The number of hydrogen-bond donors (Lipinski definition) is 7. The number of aromatic hydroxyl groups is 1. The maximum absolute atomic E-state index is 12.5. The second-order valence-electron chi connectivity index (χ2n) is 6.67. The Morgan fingerprint density at radius 3 is 1.80 bits per heavy atom. The third-order valence-electron chi connectivity index (χ3n) is 4.49. The molecule has 2 rings (SSSR count). The van der Waals surface area contributed by atoms with Crippen molar-refractivity contribution in [1.29, 1.82) is 21.0 Å². The van der Waals surface area contributed by atoms with Crippen LogP contribution >= 0.6 is 0 Å². The number of benzene rings is 2. The molecule has 0 aromatic heterocycles. The van der Waals surface area contributed by atoms with E-state index in [2.05, 4.69) is 21.3 Å². The summed E-state index contributed by atoms with van der Waals surface area (Å²) in [5.74, 6) is -1.51. The van der Waals surface area contributed by atoms with E-state index in [1.54, 1.807) is 30.3 Å². The Morgan fingerprint density at radius 1 is 0.743 bits per heavy atom. The summed E-state index contributed by atoms with van der Waals surface area (Å²) >= 11 is 0. The predicted octanol–water partition coefficient (Wildman–Crippen LogP) is -0.466. The average molecular weight is 470 g/mol. The van der Waals surface area contributed by atoms with Crippen molar-refractivity contribution in [2.45, 2.75) is 0 Å². The van der Waals surface area contributed by atoms with Crippen LogP contribution in [-0.2, 0) is 0 Å². The number of rotatable bonds is 8. The number of nitrogens with zero attached hydrogens (tertiary/aromatic N) is 4. The second kappa shape index (κ2) is 11.6. The van der Waals surface area contributed by atoms with Crippen LogP contribution in [0.5, 0.6) is 5.75 Å². The molecular formula is C22H18N10O3. The number of carbonyl (C=O) groups is 2. The van der Waals surface area contributed by atoms with Crippen molar-refractivity contribution in [2.24, 2.45) is 11.5 Å². The molecule has 174 valence electrons. The van der Waals surface area contributed by atoms with Gasteiger partial charge in [-0.25, -0.2) is 0 Å². The summed E-state index contributed by atoms with van der Waals surface area (Å²) < 4.78 is 0. The van der Waals surface area contributed by atoms with Crippen molar-refractivity contribution >= 4 is 22.6 Å². The Balaban J connectivity index is 2.15. The summed E-state index contributed by atoms with van der Waals surface area (Å²) in [5, 5.41) is 56.6. The summed E-state index contributed by atoms with van der Waals surface area (Å²) in [6.45, 7) is -0.416. The molecule has 0 saturated heterocycles. The van der Waals surface area contributed by atoms with Crippen molar-refractivity contribution in [1.82, 2.24) is 21.3 Å². The number of nitrogens with two attached hydrogens (primary N) is 2. The van der Waals surface area contributed by atoms with Gasteiger partial charge in [0.2, 0.25) is 0 Å². The lowest BCUT2D eigenvalue weighted by Gasteiger charge is -2.11. The number of phenolic OH excluding ortho intramolecular Hbond substituents is 1. The Bertz CT molecular complexity index is 1410. The largest absolute Gasteiger partial charge is 0.507 e. The minimum atomic E-state index is -0.685. The highest BCUT2D eigenvalue weighted by atomic mass is 16.3. The number of nitriles is 4. The summed E-state index contributed by atoms with van der Waals surface area (Å²) in [6, 6.07) is 13.9. The van der Waals surface area contributed by atoms with Crippen molar-refractivity contribution in [3.05, 3.63) is 64.2 Å². The van der Waals surface area contributed by atoms with E-state index in [1.165, 1.54) is 24.3 Å². The van der Waals surface area contributed by atoms with Crippen LogP contribution in [0.3, 0.4) is 0 Å². The molecule has 0 aliphatic rings. The topological polar surface area (TPSA) is 250 Å². The van der Waals surface area contributed by atoms with Crippen molar-refractivity contribution < 1.29 is 14.7 Å². The normalized spacial score (nSPS) is 11.3. The maximum Gasteiger partial charge on any atom is 0.256 e. The highest BCUT2D eigenvalue weighted by molar-refractivity contribution is 6.03. The first-order chi connectivity index (χ1) is 16.7. The van der Waals surface area contributed by atoms with Gasteiger partial charge < -0.3 is 37.8 Å². The predicted molar refractivity (Wildman–Crippen MR) is 121 cm³/mol. The molecular weight excluding hydrogens is 452 g/mol. The average Bonchev–Trinajstić information content (AvgIpc) is 2.87. The van der Waals surface area contributed by atoms with E-state index in [9.17, 15) is 14.7 Å². The lowest BCUT2D eigenvalue weighted by molar-refractivity contribution is 0.0942. The quantitative estimate of drug-likeness (QED) is 0.192. The molecule has 0 spiro atoms. The van der Waals surface area contributed by atoms with Gasteiger partial charge in [-0.05, 0) is 35.0 Å². The van der Waals surface area contributed by atoms with Gasteiger partial charge in [0.25, 0.3) is 11.8 Å². The molecule has 0 aliphatic carbocycles. The number of carbonyl (C=O) groups excluding carboxylic acids is 2. The first-order valence-corrected chi connectivity index (χ1v) is 9.66. The SMILES string of the molecule is N#C/C(N)=C(\C#N)NCNC(=O)c1ccc2cc(O)c(C(=O)NCN/C(C#N)=C(\N)C#N)cc2c1. The van der Waals surface area contributed by atoms with Crippen LogP contribution in [0.2, 0.25) is 0 Å². The first kappa shape index (κ1) is 25.3. The lowest BCUT2D eigenvalue weighted by Crippen LogP contribution is -2.34. The molecule has 0 radical (unpaired) electrons. The van der Waals surface area contributed by atoms with Crippen LogP contribution in [0.25, 0.3) is 10.8 Å². The van der Waals surface area contributed by atoms with Gasteiger partial charge >= 0.3 is 0 Å².